The molecule has 2 aromatic carbocycles. The van der Waals surface area contributed by atoms with E-state index in [1.54, 1.807) is 30.3 Å². The molecule has 0 unspecified atom stereocenters. The van der Waals surface area contributed by atoms with Crippen molar-refractivity contribution in [2.24, 2.45) is 0 Å². The van der Waals surface area contributed by atoms with Gasteiger partial charge in [-0.25, -0.2) is 4.79 Å². The molecule has 1 amide bonds. The van der Waals surface area contributed by atoms with Crippen LogP contribution < -0.4 is 21.9 Å². The maximum absolute atomic E-state index is 13.0. The van der Waals surface area contributed by atoms with Gasteiger partial charge in [0, 0.05) is 17.6 Å². The Balaban J connectivity index is 2.00. The van der Waals surface area contributed by atoms with Crippen molar-refractivity contribution < 1.29 is 4.79 Å². The van der Waals surface area contributed by atoms with Crippen LogP contribution in [0, 0.1) is 0 Å². The van der Waals surface area contributed by atoms with Crippen LogP contribution in [0.25, 0.3) is 6.08 Å². The van der Waals surface area contributed by atoms with Gasteiger partial charge in [-0.2, -0.15) is 0 Å². The summed E-state index contributed by atoms with van der Waals surface area (Å²) in [4.78, 5) is 41.6. The number of rotatable bonds is 7. The molecule has 7 nitrogen and oxygen atoms in total. The van der Waals surface area contributed by atoms with Crippen LogP contribution in [-0.4, -0.2) is 22.0 Å². The van der Waals surface area contributed by atoms with Crippen molar-refractivity contribution in [1.29, 1.82) is 0 Å². The number of aromatic nitrogens is 2. The fraction of sp³-hybridized carbons (Fsp3) is 0.174. The third kappa shape index (κ3) is 5.32. The van der Waals surface area contributed by atoms with Crippen LogP contribution in [0.2, 0.25) is 5.02 Å². The van der Waals surface area contributed by atoms with Crippen LogP contribution in [0.1, 0.15) is 24.5 Å². The normalized spacial score (nSPS) is 11.0. The standard InChI is InChI=1S/C23H23ClN4O3/c1-2-13-27(19(29)12-11-16-9-6-10-18(24)14-16)20-21(25)28(23(31)26-22(20)30)15-17-7-4-3-5-8-17/h3-12,14H,2,13,15,25H2,1H3,(H,26,30,31)/b12-11+. The Labute approximate surface area is 184 Å². The molecule has 0 bridgehead atoms. The molecule has 0 saturated heterocycles. The Hall–Kier alpha value is -3.58. The molecule has 1 aromatic heterocycles. The van der Waals surface area contributed by atoms with Crippen LogP contribution in [0.5, 0.6) is 0 Å². The number of halogens is 1. The molecule has 3 aromatic rings. The molecule has 31 heavy (non-hydrogen) atoms. The molecule has 1 heterocycles. The second-order valence-corrected chi connectivity index (χ2v) is 7.38. The van der Waals surface area contributed by atoms with Gasteiger partial charge in [0.1, 0.15) is 5.82 Å². The van der Waals surface area contributed by atoms with E-state index >= 15 is 0 Å². The summed E-state index contributed by atoms with van der Waals surface area (Å²) in [5.74, 6) is -0.487. The van der Waals surface area contributed by atoms with Gasteiger partial charge in [-0.15, -0.1) is 0 Å². The monoisotopic (exact) mass is 438 g/mol. The SMILES string of the molecule is CCCN(C(=O)/C=C/c1cccc(Cl)c1)c1c(N)n(Cc2ccccc2)c(=O)[nH]c1=O. The minimum absolute atomic E-state index is 0.0434. The summed E-state index contributed by atoms with van der Waals surface area (Å²) in [5.41, 5.74) is 6.44. The summed E-state index contributed by atoms with van der Waals surface area (Å²) >= 11 is 5.99. The zero-order valence-electron chi connectivity index (χ0n) is 17.0. The molecule has 8 heteroatoms. The lowest BCUT2D eigenvalue weighted by atomic mass is 10.2. The lowest BCUT2D eigenvalue weighted by molar-refractivity contribution is -0.114. The number of nitrogen functional groups attached to an aromatic ring is 1. The van der Waals surface area contributed by atoms with Crippen LogP contribution >= 0.6 is 11.6 Å². The fourth-order valence-corrected chi connectivity index (χ4v) is 3.38. The van der Waals surface area contributed by atoms with Gasteiger partial charge in [0.25, 0.3) is 11.5 Å². The number of carbonyl (C=O) groups is 1. The number of amides is 1. The van der Waals surface area contributed by atoms with Crippen molar-refractivity contribution >= 4 is 35.1 Å². The Bertz CT molecular complexity index is 1220. The molecule has 0 fully saturated rings. The molecule has 0 saturated carbocycles. The average Bonchev–Trinajstić information content (AvgIpc) is 2.75. The van der Waals surface area contributed by atoms with E-state index < -0.39 is 17.2 Å². The first-order valence-corrected chi connectivity index (χ1v) is 10.2. The lowest BCUT2D eigenvalue weighted by Gasteiger charge is -2.23. The number of hydrogen-bond donors (Lipinski definition) is 2. The number of H-pyrrole nitrogens is 1. The molecule has 0 atom stereocenters. The lowest BCUT2D eigenvalue weighted by Crippen LogP contribution is -2.41. The first-order valence-electron chi connectivity index (χ1n) is 9.82. The van der Waals surface area contributed by atoms with Gasteiger partial charge in [0.05, 0.1) is 6.54 Å². The van der Waals surface area contributed by atoms with E-state index in [4.69, 9.17) is 17.3 Å². The van der Waals surface area contributed by atoms with E-state index in [1.165, 1.54) is 15.5 Å². The first-order chi connectivity index (χ1) is 14.9. The zero-order valence-corrected chi connectivity index (χ0v) is 17.8. The highest BCUT2D eigenvalue weighted by molar-refractivity contribution is 6.30. The minimum atomic E-state index is -0.704. The van der Waals surface area contributed by atoms with Gasteiger partial charge in [-0.1, -0.05) is 61.0 Å². The highest BCUT2D eigenvalue weighted by Crippen LogP contribution is 2.19. The second-order valence-electron chi connectivity index (χ2n) is 6.94. The van der Waals surface area contributed by atoms with Crippen molar-refractivity contribution in [1.82, 2.24) is 9.55 Å². The highest BCUT2D eigenvalue weighted by atomic mass is 35.5. The number of benzene rings is 2. The summed E-state index contributed by atoms with van der Waals surface area (Å²) < 4.78 is 1.25. The molecule has 0 aliphatic rings. The predicted octanol–water partition coefficient (Wildman–Crippen LogP) is 3.28. The number of anilines is 2. The summed E-state index contributed by atoms with van der Waals surface area (Å²) in [6.07, 6.45) is 3.56. The Morgan fingerprint density at radius 2 is 1.90 bits per heavy atom. The number of hydrogen-bond acceptors (Lipinski definition) is 4. The van der Waals surface area contributed by atoms with Gasteiger partial charge in [-0.3, -0.25) is 19.1 Å². The Kier molecular flexibility index (Phi) is 7.10. The summed E-state index contributed by atoms with van der Waals surface area (Å²) in [5, 5.41) is 0.550. The number of nitrogens with one attached hydrogen (secondary N) is 1. The average molecular weight is 439 g/mol. The molecule has 3 N–H and O–H groups in total. The number of nitrogens with two attached hydrogens (primary N) is 1. The Morgan fingerprint density at radius 3 is 2.58 bits per heavy atom. The van der Waals surface area contributed by atoms with E-state index in [-0.39, 0.29) is 24.6 Å². The van der Waals surface area contributed by atoms with Crippen LogP contribution in [0.15, 0.2) is 70.3 Å². The first kappa shape index (κ1) is 22.1. The van der Waals surface area contributed by atoms with E-state index in [9.17, 15) is 14.4 Å². The van der Waals surface area contributed by atoms with Crippen molar-refractivity contribution in [2.75, 3.05) is 17.2 Å². The molecular formula is C23H23ClN4O3. The van der Waals surface area contributed by atoms with Crippen LogP contribution in [-0.2, 0) is 11.3 Å². The number of carbonyl (C=O) groups excluding carboxylic acids is 1. The quantitative estimate of drug-likeness (QED) is 0.552. The van der Waals surface area contributed by atoms with E-state index in [1.807, 2.05) is 37.3 Å². The highest BCUT2D eigenvalue weighted by Gasteiger charge is 2.22. The van der Waals surface area contributed by atoms with Crippen molar-refractivity contribution in [2.45, 2.75) is 19.9 Å². The van der Waals surface area contributed by atoms with E-state index in [0.717, 1.165) is 11.1 Å². The molecule has 160 valence electrons. The van der Waals surface area contributed by atoms with Crippen molar-refractivity contribution in [3.63, 3.8) is 0 Å². The van der Waals surface area contributed by atoms with E-state index in [2.05, 4.69) is 4.98 Å². The summed E-state index contributed by atoms with van der Waals surface area (Å²) in [7, 11) is 0. The fourth-order valence-electron chi connectivity index (χ4n) is 3.18. The van der Waals surface area contributed by atoms with Crippen LogP contribution in [0.3, 0.4) is 0 Å². The topological polar surface area (TPSA) is 101 Å². The van der Waals surface area contributed by atoms with Gasteiger partial charge >= 0.3 is 5.69 Å². The predicted molar refractivity (Wildman–Crippen MR) is 124 cm³/mol. The minimum Gasteiger partial charge on any atom is -0.383 e. The van der Waals surface area contributed by atoms with Gasteiger partial charge < -0.3 is 10.6 Å². The number of aromatic amines is 1. The largest absolute Gasteiger partial charge is 0.383 e. The second kappa shape index (κ2) is 9.95. The van der Waals surface area contributed by atoms with Gasteiger partial charge in [0.2, 0.25) is 0 Å². The maximum atomic E-state index is 13.0. The zero-order chi connectivity index (χ0) is 22.4. The maximum Gasteiger partial charge on any atom is 0.330 e. The molecule has 3 rings (SSSR count). The molecule has 0 aliphatic heterocycles. The van der Waals surface area contributed by atoms with Gasteiger partial charge in [-0.05, 0) is 35.8 Å². The third-order valence-electron chi connectivity index (χ3n) is 4.65. The summed E-state index contributed by atoms with van der Waals surface area (Å²) in [6.45, 7) is 2.31. The number of nitrogens with zero attached hydrogens (tertiary/aromatic N) is 2. The van der Waals surface area contributed by atoms with Crippen LogP contribution in [0.4, 0.5) is 11.5 Å². The van der Waals surface area contributed by atoms with E-state index in [0.29, 0.717) is 11.4 Å². The van der Waals surface area contributed by atoms with Crippen molar-refractivity contribution in [3.05, 3.63) is 97.7 Å². The van der Waals surface area contributed by atoms with Gasteiger partial charge in [0.15, 0.2) is 5.69 Å². The van der Waals surface area contributed by atoms with Crippen molar-refractivity contribution in [3.8, 4) is 0 Å². The molecule has 0 spiro atoms. The Morgan fingerprint density at radius 1 is 1.16 bits per heavy atom. The molecule has 0 radical (unpaired) electrons. The molecular weight excluding hydrogens is 416 g/mol. The smallest absolute Gasteiger partial charge is 0.330 e. The third-order valence-corrected chi connectivity index (χ3v) is 4.88. The summed E-state index contributed by atoms with van der Waals surface area (Å²) in [6, 6.07) is 16.3. The molecule has 0 aliphatic carbocycles.